The highest BCUT2D eigenvalue weighted by molar-refractivity contribution is 5.93. The quantitative estimate of drug-likeness (QED) is 0.675. The maximum atomic E-state index is 12.8. The highest BCUT2D eigenvalue weighted by Gasteiger charge is 2.25. The molecule has 0 atom stereocenters. The molecule has 8 nitrogen and oxygen atoms in total. The van der Waals surface area contributed by atoms with Gasteiger partial charge in [0.1, 0.15) is 17.5 Å². The molecule has 3 aromatic rings. The Balaban J connectivity index is 1.42. The number of piperazine rings is 1. The Bertz CT molecular complexity index is 993. The molecule has 1 fully saturated rings. The second kappa shape index (κ2) is 7.90. The van der Waals surface area contributed by atoms with E-state index in [0.717, 1.165) is 23.0 Å². The fourth-order valence-corrected chi connectivity index (χ4v) is 3.34. The van der Waals surface area contributed by atoms with E-state index in [2.05, 4.69) is 20.0 Å². The van der Waals surface area contributed by atoms with E-state index in [1.165, 1.54) is 0 Å². The van der Waals surface area contributed by atoms with Crippen molar-refractivity contribution in [3.05, 3.63) is 54.0 Å². The van der Waals surface area contributed by atoms with Gasteiger partial charge in [-0.3, -0.25) is 4.79 Å². The van der Waals surface area contributed by atoms with E-state index in [9.17, 15) is 4.79 Å². The first-order valence-electron chi connectivity index (χ1n) is 9.60. The molecular formula is C21H24N6O2. The van der Waals surface area contributed by atoms with Crippen molar-refractivity contribution in [3.8, 4) is 11.3 Å². The van der Waals surface area contributed by atoms with E-state index in [4.69, 9.17) is 4.52 Å². The van der Waals surface area contributed by atoms with Gasteiger partial charge in [0.25, 0.3) is 5.91 Å². The third-order valence-electron chi connectivity index (χ3n) is 4.95. The van der Waals surface area contributed by atoms with Crippen LogP contribution in [0.3, 0.4) is 0 Å². The highest BCUT2D eigenvalue weighted by Crippen LogP contribution is 2.22. The number of hydrogen-bond acceptors (Lipinski definition) is 7. The number of carbonyl (C=O) groups is 1. The molecule has 1 aliphatic heterocycles. The Morgan fingerprint density at radius 1 is 1.03 bits per heavy atom. The summed E-state index contributed by atoms with van der Waals surface area (Å²) in [4.78, 5) is 27.8. The van der Waals surface area contributed by atoms with Gasteiger partial charge in [-0.1, -0.05) is 35.5 Å². The maximum Gasteiger partial charge on any atom is 0.276 e. The van der Waals surface area contributed by atoms with E-state index >= 15 is 0 Å². The van der Waals surface area contributed by atoms with Gasteiger partial charge < -0.3 is 19.2 Å². The molecule has 8 heteroatoms. The van der Waals surface area contributed by atoms with Crippen molar-refractivity contribution in [2.24, 2.45) is 0 Å². The molecule has 0 N–H and O–H groups in total. The van der Waals surface area contributed by atoms with Crippen LogP contribution in [0.1, 0.15) is 16.3 Å². The van der Waals surface area contributed by atoms with Gasteiger partial charge in [-0.2, -0.15) is 0 Å². The van der Waals surface area contributed by atoms with Gasteiger partial charge >= 0.3 is 0 Å². The third kappa shape index (κ3) is 4.06. The Kier molecular flexibility index (Phi) is 5.16. The first-order valence-corrected chi connectivity index (χ1v) is 9.60. The van der Waals surface area contributed by atoms with Crippen molar-refractivity contribution >= 4 is 17.5 Å². The molecule has 1 saturated heterocycles. The van der Waals surface area contributed by atoms with Crippen molar-refractivity contribution in [1.29, 1.82) is 0 Å². The lowest BCUT2D eigenvalue weighted by molar-refractivity contribution is 0.0736. The average Bonchev–Trinajstić information content (AvgIpc) is 3.24. The zero-order valence-electron chi connectivity index (χ0n) is 16.9. The predicted molar refractivity (Wildman–Crippen MR) is 111 cm³/mol. The van der Waals surface area contributed by atoms with Crippen LogP contribution in [-0.4, -0.2) is 66.2 Å². The van der Waals surface area contributed by atoms with E-state index in [1.807, 2.05) is 67.2 Å². The molecule has 1 aliphatic rings. The number of benzene rings is 1. The monoisotopic (exact) mass is 392 g/mol. The van der Waals surface area contributed by atoms with Crippen LogP contribution in [-0.2, 0) is 0 Å². The van der Waals surface area contributed by atoms with Crippen LogP contribution in [0, 0.1) is 6.92 Å². The molecule has 0 unspecified atom stereocenters. The second-order valence-electron chi connectivity index (χ2n) is 7.25. The Labute approximate surface area is 169 Å². The van der Waals surface area contributed by atoms with Gasteiger partial charge in [0.2, 0.25) is 0 Å². The molecule has 1 amide bonds. The van der Waals surface area contributed by atoms with Gasteiger partial charge in [0.05, 0.1) is 0 Å². The maximum absolute atomic E-state index is 12.8. The first-order chi connectivity index (χ1) is 14.0. The normalized spacial score (nSPS) is 14.2. The summed E-state index contributed by atoms with van der Waals surface area (Å²) in [5.41, 5.74) is 1.24. The van der Waals surface area contributed by atoms with Crippen LogP contribution in [0.5, 0.6) is 0 Å². The number of nitrogens with zero attached hydrogens (tertiary/aromatic N) is 6. The molecule has 0 bridgehead atoms. The van der Waals surface area contributed by atoms with Crippen molar-refractivity contribution in [3.63, 3.8) is 0 Å². The van der Waals surface area contributed by atoms with Gasteiger partial charge in [-0.25, -0.2) is 9.97 Å². The fraction of sp³-hybridized carbons (Fsp3) is 0.333. The summed E-state index contributed by atoms with van der Waals surface area (Å²) in [7, 11) is 3.92. The van der Waals surface area contributed by atoms with Gasteiger partial charge in [-0.05, 0) is 6.92 Å². The van der Waals surface area contributed by atoms with Gasteiger partial charge in [-0.15, -0.1) is 0 Å². The predicted octanol–water partition coefficient (Wildman–Crippen LogP) is 2.47. The van der Waals surface area contributed by atoms with E-state index in [-0.39, 0.29) is 5.91 Å². The lowest BCUT2D eigenvalue weighted by atomic mass is 10.1. The molecule has 1 aromatic carbocycles. The highest BCUT2D eigenvalue weighted by atomic mass is 16.5. The molecule has 0 spiro atoms. The van der Waals surface area contributed by atoms with E-state index in [0.29, 0.717) is 37.6 Å². The second-order valence-corrected chi connectivity index (χ2v) is 7.25. The molecule has 29 heavy (non-hydrogen) atoms. The largest absolute Gasteiger partial charge is 0.363 e. The van der Waals surface area contributed by atoms with Crippen LogP contribution in [0.25, 0.3) is 11.3 Å². The fourth-order valence-electron chi connectivity index (χ4n) is 3.34. The Morgan fingerprint density at radius 3 is 2.45 bits per heavy atom. The summed E-state index contributed by atoms with van der Waals surface area (Å²) >= 11 is 0. The summed E-state index contributed by atoms with van der Waals surface area (Å²) in [5, 5.41) is 3.98. The number of rotatable bonds is 4. The molecule has 3 heterocycles. The molecule has 0 radical (unpaired) electrons. The minimum Gasteiger partial charge on any atom is -0.363 e. The zero-order valence-corrected chi connectivity index (χ0v) is 16.9. The SMILES string of the molecule is Cc1nc(N(C)C)cc(N2CCN(C(=O)c3cc(-c4ccccc4)on3)CC2)n1. The van der Waals surface area contributed by atoms with Crippen LogP contribution in [0.15, 0.2) is 47.0 Å². The number of amides is 1. The molecule has 150 valence electrons. The number of anilines is 2. The molecule has 2 aromatic heterocycles. The summed E-state index contributed by atoms with van der Waals surface area (Å²) in [6.07, 6.45) is 0. The number of aromatic nitrogens is 3. The first kappa shape index (κ1) is 18.9. The van der Waals surface area contributed by atoms with Crippen molar-refractivity contribution < 1.29 is 9.32 Å². The zero-order chi connectivity index (χ0) is 20.4. The Hall–Kier alpha value is -3.42. The third-order valence-corrected chi connectivity index (χ3v) is 4.95. The lowest BCUT2D eigenvalue weighted by Crippen LogP contribution is -2.49. The average molecular weight is 392 g/mol. The van der Waals surface area contributed by atoms with Gasteiger partial charge in [0, 0.05) is 58.0 Å². The van der Waals surface area contributed by atoms with E-state index in [1.54, 1.807) is 6.07 Å². The van der Waals surface area contributed by atoms with Crippen LogP contribution in [0.4, 0.5) is 11.6 Å². The minimum atomic E-state index is -0.108. The number of aryl methyl sites for hydroxylation is 1. The molecule has 0 aliphatic carbocycles. The molecule has 0 saturated carbocycles. The van der Waals surface area contributed by atoms with Crippen LogP contribution < -0.4 is 9.80 Å². The standard InChI is InChI=1S/C21H24N6O2/c1-15-22-19(25(2)3)14-20(23-15)26-9-11-27(12-10-26)21(28)17-13-18(29-24-17)16-7-5-4-6-8-16/h4-8,13-14H,9-12H2,1-3H3. The Morgan fingerprint density at radius 2 is 1.76 bits per heavy atom. The summed E-state index contributed by atoms with van der Waals surface area (Å²) in [6.45, 7) is 4.52. The number of hydrogen-bond donors (Lipinski definition) is 0. The summed E-state index contributed by atoms with van der Waals surface area (Å²) in [6, 6.07) is 13.3. The summed E-state index contributed by atoms with van der Waals surface area (Å²) < 4.78 is 5.37. The molecular weight excluding hydrogens is 368 g/mol. The lowest BCUT2D eigenvalue weighted by Gasteiger charge is -2.35. The van der Waals surface area contributed by atoms with Crippen molar-refractivity contribution in [2.75, 3.05) is 50.1 Å². The van der Waals surface area contributed by atoms with Crippen molar-refractivity contribution in [1.82, 2.24) is 20.0 Å². The summed E-state index contributed by atoms with van der Waals surface area (Å²) in [5.74, 6) is 2.99. The minimum absolute atomic E-state index is 0.108. The van der Waals surface area contributed by atoms with Crippen LogP contribution >= 0.6 is 0 Å². The van der Waals surface area contributed by atoms with Gasteiger partial charge in [0.15, 0.2) is 11.5 Å². The van der Waals surface area contributed by atoms with Crippen LogP contribution in [0.2, 0.25) is 0 Å². The number of carbonyl (C=O) groups excluding carboxylic acids is 1. The topological polar surface area (TPSA) is 78.6 Å². The molecule has 4 rings (SSSR count). The van der Waals surface area contributed by atoms with E-state index < -0.39 is 0 Å². The smallest absolute Gasteiger partial charge is 0.276 e. The van der Waals surface area contributed by atoms with Crippen molar-refractivity contribution in [2.45, 2.75) is 6.92 Å².